The van der Waals surface area contributed by atoms with Gasteiger partial charge >= 0.3 is 0 Å². The predicted molar refractivity (Wildman–Crippen MR) is 133 cm³/mol. The Kier molecular flexibility index (Phi) is 9.57. The zero-order chi connectivity index (χ0) is 19.8. The number of guanidine groups is 1. The zero-order valence-corrected chi connectivity index (χ0v) is 20.0. The van der Waals surface area contributed by atoms with E-state index in [-0.39, 0.29) is 24.0 Å². The van der Waals surface area contributed by atoms with E-state index in [1.54, 1.807) is 7.11 Å². The number of para-hydroxylation sites is 2. The Morgan fingerprint density at radius 1 is 1.14 bits per heavy atom. The van der Waals surface area contributed by atoms with E-state index in [0.717, 1.165) is 37.9 Å². The molecule has 0 amide bonds. The third-order valence-corrected chi connectivity index (χ3v) is 5.15. The van der Waals surface area contributed by atoms with Crippen LogP contribution in [-0.2, 0) is 6.54 Å². The molecule has 1 unspecified atom stereocenters. The Morgan fingerprint density at radius 2 is 1.90 bits per heavy atom. The highest BCUT2D eigenvalue weighted by Crippen LogP contribution is 2.31. The van der Waals surface area contributed by atoms with Gasteiger partial charge < -0.3 is 20.3 Å². The first kappa shape index (κ1) is 23.3. The molecule has 2 N–H and O–H groups in total. The quantitative estimate of drug-likeness (QED) is 0.335. The molecule has 0 spiro atoms. The number of hydrogen-bond donors (Lipinski definition) is 2. The largest absolute Gasteiger partial charge is 0.495 e. The lowest BCUT2D eigenvalue weighted by molar-refractivity contribution is 0.414. The van der Waals surface area contributed by atoms with Crippen molar-refractivity contribution in [3.05, 3.63) is 59.7 Å². The molecule has 1 atom stereocenters. The maximum atomic E-state index is 5.52. The van der Waals surface area contributed by atoms with E-state index in [9.17, 15) is 0 Å². The van der Waals surface area contributed by atoms with Gasteiger partial charge in [-0.05, 0) is 43.9 Å². The van der Waals surface area contributed by atoms with Crippen LogP contribution in [0.2, 0.25) is 0 Å². The first-order chi connectivity index (χ1) is 13.7. The van der Waals surface area contributed by atoms with Gasteiger partial charge in [0, 0.05) is 26.2 Å². The highest BCUT2D eigenvalue weighted by Gasteiger charge is 2.24. The summed E-state index contributed by atoms with van der Waals surface area (Å²) >= 11 is 0. The molecule has 2 aromatic carbocycles. The van der Waals surface area contributed by atoms with E-state index in [4.69, 9.17) is 9.73 Å². The Balaban J connectivity index is 0.00000300. The number of anilines is 1. The van der Waals surface area contributed by atoms with Crippen molar-refractivity contribution in [1.82, 2.24) is 10.6 Å². The minimum absolute atomic E-state index is 0. The van der Waals surface area contributed by atoms with Gasteiger partial charge in [-0.2, -0.15) is 0 Å². The fourth-order valence-electron chi connectivity index (χ4n) is 3.56. The number of nitrogens with zero attached hydrogens (tertiary/aromatic N) is 2. The number of ether oxygens (including phenoxy) is 1. The molecular formula is C23H33IN4O. The fraction of sp³-hybridized carbons (Fsp3) is 0.435. The van der Waals surface area contributed by atoms with Crippen molar-refractivity contribution in [2.75, 3.05) is 38.2 Å². The molecule has 29 heavy (non-hydrogen) atoms. The SMILES string of the molecule is CCNC(=NCc1ccc(C)cc1)NCC1CCN(c2ccccc2OC)C1.I. The van der Waals surface area contributed by atoms with Crippen LogP contribution in [0, 0.1) is 12.8 Å². The number of aryl methyl sites for hydroxylation is 1. The second-order valence-corrected chi connectivity index (χ2v) is 7.33. The summed E-state index contributed by atoms with van der Waals surface area (Å²) in [6.45, 7) is 8.77. The van der Waals surface area contributed by atoms with Gasteiger partial charge in [-0.15, -0.1) is 24.0 Å². The number of nitrogens with one attached hydrogen (secondary N) is 2. The van der Waals surface area contributed by atoms with Crippen molar-refractivity contribution in [1.29, 1.82) is 0 Å². The third kappa shape index (κ3) is 6.80. The molecule has 6 heteroatoms. The van der Waals surface area contributed by atoms with Crippen LogP contribution in [0.3, 0.4) is 0 Å². The van der Waals surface area contributed by atoms with E-state index in [0.29, 0.717) is 12.5 Å². The lowest BCUT2D eigenvalue weighted by Crippen LogP contribution is -2.40. The molecule has 1 heterocycles. The molecule has 158 valence electrons. The second-order valence-electron chi connectivity index (χ2n) is 7.33. The van der Waals surface area contributed by atoms with Gasteiger partial charge in [0.05, 0.1) is 19.3 Å². The zero-order valence-electron chi connectivity index (χ0n) is 17.6. The maximum Gasteiger partial charge on any atom is 0.191 e. The summed E-state index contributed by atoms with van der Waals surface area (Å²) in [5.41, 5.74) is 3.69. The average molecular weight is 508 g/mol. The number of methoxy groups -OCH3 is 1. The minimum atomic E-state index is 0. The minimum Gasteiger partial charge on any atom is -0.495 e. The molecule has 1 fully saturated rings. The molecule has 0 aromatic heterocycles. The van der Waals surface area contributed by atoms with Gasteiger partial charge in [0.2, 0.25) is 0 Å². The van der Waals surface area contributed by atoms with Crippen molar-refractivity contribution in [3.8, 4) is 5.75 Å². The van der Waals surface area contributed by atoms with Gasteiger partial charge in [-0.3, -0.25) is 0 Å². The summed E-state index contributed by atoms with van der Waals surface area (Å²) in [7, 11) is 1.74. The lowest BCUT2D eigenvalue weighted by Gasteiger charge is -2.21. The Morgan fingerprint density at radius 3 is 2.62 bits per heavy atom. The smallest absolute Gasteiger partial charge is 0.191 e. The molecule has 2 aromatic rings. The van der Waals surface area contributed by atoms with Crippen LogP contribution in [0.4, 0.5) is 5.69 Å². The summed E-state index contributed by atoms with van der Waals surface area (Å²) in [4.78, 5) is 7.16. The van der Waals surface area contributed by atoms with Crippen LogP contribution in [0.1, 0.15) is 24.5 Å². The fourth-order valence-corrected chi connectivity index (χ4v) is 3.56. The van der Waals surface area contributed by atoms with Crippen LogP contribution in [-0.4, -0.2) is 39.2 Å². The van der Waals surface area contributed by atoms with E-state index < -0.39 is 0 Å². The van der Waals surface area contributed by atoms with Crippen molar-refractivity contribution >= 4 is 35.6 Å². The lowest BCUT2D eigenvalue weighted by atomic mass is 10.1. The molecule has 1 saturated heterocycles. The number of halogens is 1. The maximum absolute atomic E-state index is 5.52. The van der Waals surface area contributed by atoms with Gasteiger partial charge in [-0.25, -0.2) is 4.99 Å². The Labute approximate surface area is 192 Å². The van der Waals surface area contributed by atoms with E-state index in [1.165, 1.54) is 23.2 Å². The molecule has 3 rings (SSSR count). The van der Waals surface area contributed by atoms with Crippen molar-refractivity contribution < 1.29 is 4.74 Å². The summed E-state index contributed by atoms with van der Waals surface area (Å²) in [6.07, 6.45) is 1.17. The second kappa shape index (κ2) is 11.9. The van der Waals surface area contributed by atoms with E-state index in [1.807, 2.05) is 12.1 Å². The highest BCUT2D eigenvalue weighted by molar-refractivity contribution is 14.0. The average Bonchev–Trinajstić information content (AvgIpc) is 3.20. The summed E-state index contributed by atoms with van der Waals surface area (Å²) < 4.78 is 5.52. The van der Waals surface area contributed by atoms with Gasteiger partial charge in [0.1, 0.15) is 5.75 Å². The van der Waals surface area contributed by atoms with Gasteiger partial charge in [0.25, 0.3) is 0 Å². The normalized spacial score (nSPS) is 16.3. The van der Waals surface area contributed by atoms with Crippen LogP contribution >= 0.6 is 24.0 Å². The first-order valence-electron chi connectivity index (χ1n) is 10.1. The van der Waals surface area contributed by atoms with E-state index in [2.05, 4.69) is 65.8 Å². The summed E-state index contributed by atoms with van der Waals surface area (Å²) in [5.74, 6) is 2.43. The molecule has 1 aliphatic heterocycles. The number of rotatable bonds is 7. The molecule has 1 aliphatic rings. The van der Waals surface area contributed by atoms with Crippen molar-refractivity contribution in [2.45, 2.75) is 26.8 Å². The summed E-state index contributed by atoms with van der Waals surface area (Å²) in [6, 6.07) is 16.8. The summed E-state index contributed by atoms with van der Waals surface area (Å²) in [5, 5.41) is 6.88. The number of aliphatic imine (C=N–C) groups is 1. The molecule has 5 nitrogen and oxygen atoms in total. The van der Waals surface area contributed by atoms with Crippen molar-refractivity contribution in [2.24, 2.45) is 10.9 Å². The Bertz CT molecular complexity index is 779. The molecular weight excluding hydrogens is 475 g/mol. The van der Waals surface area contributed by atoms with Gasteiger partial charge in [0.15, 0.2) is 5.96 Å². The highest BCUT2D eigenvalue weighted by atomic mass is 127. The topological polar surface area (TPSA) is 48.9 Å². The third-order valence-electron chi connectivity index (χ3n) is 5.15. The van der Waals surface area contributed by atoms with Crippen LogP contribution in [0.15, 0.2) is 53.5 Å². The molecule has 0 radical (unpaired) electrons. The van der Waals surface area contributed by atoms with Crippen LogP contribution in [0.25, 0.3) is 0 Å². The predicted octanol–water partition coefficient (Wildman–Crippen LogP) is 4.20. The first-order valence-corrected chi connectivity index (χ1v) is 10.1. The standard InChI is InChI=1S/C23H32N4O.HI/c1-4-24-23(25-15-19-11-9-18(2)10-12-19)26-16-20-13-14-27(17-20)21-7-5-6-8-22(21)28-3;/h5-12,20H,4,13-17H2,1-3H3,(H2,24,25,26);1H. The van der Waals surface area contributed by atoms with Crippen LogP contribution < -0.4 is 20.3 Å². The van der Waals surface area contributed by atoms with E-state index >= 15 is 0 Å². The van der Waals surface area contributed by atoms with Crippen molar-refractivity contribution in [3.63, 3.8) is 0 Å². The number of hydrogen-bond acceptors (Lipinski definition) is 3. The van der Waals surface area contributed by atoms with Crippen LogP contribution in [0.5, 0.6) is 5.75 Å². The van der Waals surface area contributed by atoms with Gasteiger partial charge in [-0.1, -0.05) is 42.0 Å². The molecule has 0 saturated carbocycles. The number of benzene rings is 2. The molecule has 0 bridgehead atoms. The molecule has 0 aliphatic carbocycles. The monoisotopic (exact) mass is 508 g/mol. The Hall–Kier alpha value is -1.96.